The summed E-state index contributed by atoms with van der Waals surface area (Å²) in [7, 11) is 2.90. The minimum absolute atomic E-state index is 0.396. The fourth-order valence-electron chi connectivity index (χ4n) is 1.71. The standard InChI is InChI=1S/C13H12BrNO3.C2H6/c1-7-10(14)5-8-4-9(13(16)18-3)6-11(17-2)12(8)15-7;1-2/h4-6H,1-3H3;1-2H3. The van der Waals surface area contributed by atoms with E-state index in [0.29, 0.717) is 11.3 Å². The second-order valence-electron chi connectivity index (χ2n) is 3.80. The number of aryl methyl sites for hydroxylation is 1. The Hall–Kier alpha value is -1.62. The molecule has 4 nitrogen and oxygen atoms in total. The van der Waals surface area contributed by atoms with E-state index in [1.807, 2.05) is 26.8 Å². The highest BCUT2D eigenvalue weighted by molar-refractivity contribution is 9.10. The Morgan fingerprint density at radius 3 is 2.40 bits per heavy atom. The quantitative estimate of drug-likeness (QED) is 0.772. The Labute approximate surface area is 127 Å². The van der Waals surface area contributed by atoms with E-state index in [0.717, 1.165) is 21.1 Å². The second kappa shape index (κ2) is 7.24. The number of rotatable bonds is 2. The van der Waals surface area contributed by atoms with Gasteiger partial charge in [0.1, 0.15) is 11.3 Å². The third-order valence-corrected chi connectivity index (χ3v) is 3.46. The monoisotopic (exact) mass is 339 g/mol. The minimum Gasteiger partial charge on any atom is -0.494 e. The fourth-order valence-corrected chi connectivity index (χ4v) is 2.05. The van der Waals surface area contributed by atoms with Crippen molar-refractivity contribution in [2.75, 3.05) is 14.2 Å². The summed E-state index contributed by atoms with van der Waals surface area (Å²) in [6.45, 7) is 5.90. The van der Waals surface area contributed by atoms with Gasteiger partial charge in [-0.15, -0.1) is 0 Å². The number of aromatic nitrogens is 1. The zero-order valence-corrected chi connectivity index (χ0v) is 13.9. The van der Waals surface area contributed by atoms with Crippen LogP contribution in [0.3, 0.4) is 0 Å². The van der Waals surface area contributed by atoms with Gasteiger partial charge in [-0.25, -0.2) is 9.78 Å². The number of pyridine rings is 1. The molecule has 0 aliphatic heterocycles. The Morgan fingerprint density at radius 1 is 1.20 bits per heavy atom. The zero-order valence-electron chi connectivity index (χ0n) is 12.3. The molecule has 0 radical (unpaired) electrons. The van der Waals surface area contributed by atoms with E-state index in [-0.39, 0.29) is 0 Å². The molecule has 0 unspecified atom stereocenters. The number of nitrogens with zero attached hydrogens (tertiary/aromatic N) is 1. The SMILES string of the molecule is CC.COC(=O)c1cc(OC)c2nc(C)c(Br)cc2c1. The summed E-state index contributed by atoms with van der Waals surface area (Å²) in [4.78, 5) is 16.0. The van der Waals surface area contributed by atoms with E-state index in [1.54, 1.807) is 19.2 Å². The second-order valence-corrected chi connectivity index (χ2v) is 4.65. The topological polar surface area (TPSA) is 48.4 Å². The van der Waals surface area contributed by atoms with Crippen LogP contribution in [0.5, 0.6) is 5.75 Å². The van der Waals surface area contributed by atoms with Crippen LogP contribution in [-0.4, -0.2) is 25.2 Å². The van der Waals surface area contributed by atoms with Gasteiger partial charge in [0.15, 0.2) is 0 Å². The van der Waals surface area contributed by atoms with Gasteiger partial charge in [-0.3, -0.25) is 0 Å². The number of methoxy groups -OCH3 is 2. The first-order chi connectivity index (χ1) is 9.56. The molecule has 0 saturated carbocycles. The summed E-state index contributed by atoms with van der Waals surface area (Å²) in [5, 5.41) is 0.826. The van der Waals surface area contributed by atoms with E-state index in [9.17, 15) is 4.79 Å². The van der Waals surface area contributed by atoms with Gasteiger partial charge in [0.05, 0.1) is 25.5 Å². The first-order valence-corrected chi connectivity index (χ1v) is 7.09. The lowest BCUT2D eigenvalue weighted by atomic mass is 10.1. The predicted molar refractivity (Wildman–Crippen MR) is 83.4 cm³/mol. The van der Waals surface area contributed by atoms with Crippen LogP contribution in [0.25, 0.3) is 10.9 Å². The lowest BCUT2D eigenvalue weighted by Crippen LogP contribution is -2.02. The molecule has 108 valence electrons. The molecule has 0 fully saturated rings. The van der Waals surface area contributed by atoms with Gasteiger partial charge in [0.2, 0.25) is 0 Å². The van der Waals surface area contributed by atoms with Crippen molar-refractivity contribution in [2.45, 2.75) is 20.8 Å². The molecule has 20 heavy (non-hydrogen) atoms. The predicted octanol–water partition coefficient (Wildman–Crippen LogP) is 4.13. The average Bonchev–Trinajstić information content (AvgIpc) is 2.48. The van der Waals surface area contributed by atoms with Crippen LogP contribution in [0.2, 0.25) is 0 Å². The van der Waals surface area contributed by atoms with Crippen LogP contribution >= 0.6 is 15.9 Å². The summed E-state index contributed by atoms with van der Waals surface area (Å²) in [5.41, 5.74) is 2.04. The third kappa shape index (κ3) is 3.28. The van der Waals surface area contributed by atoms with Crippen molar-refractivity contribution in [1.29, 1.82) is 0 Å². The highest BCUT2D eigenvalue weighted by Gasteiger charge is 2.13. The molecule has 0 saturated heterocycles. The van der Waals surface area contributed by atoms with Crippen molar-refractivity contribution in [3.63, 3.8) is 0 Å². The Balaban J connectivity index is 0.000000956. The molecule has 0 amide bonds. The summed E-state index contributed by atoms with van der Waals surface area (Å²) in [6.07, 6.45) is 0. The Bertz CT molecular complexity index is 626. The number of fused-ring (bicyclic) bond motifs is 1. The molecule has 0 aliphatic carbocycles. The highest BCUT2D eigenvalue weighted by atomic mass is 79.9. The largest absolute Gasteiger partial charge is 0.494 e. The molecule has 0 bridgehead atoms. The molecular weight excluding hydrogens is 322 g/mol. The lowest BCUT2D eigenvalue weighted by molar-refractivity contribution is 0.0600. The zero-order chi connectivity index (χ0) is 15.3. The molecule has 1 heterocycles. The molecule has 1 aromatic carbocycles. The molecule has 1 aromatic heterocycles. The molecule has 2 rings (SSSR count). The maximum absolute atomic E-state index is 11.6. The van der Waals surface area contributed by atoms with E-state index < -0.39 is 5.97 Å². The molecule has 0 atom stereocenters. The number of hydrogen-bond acceptors (Lipinski definition) is 4. The molecule has 0 aliphatic rings. The number of esters is 1. The molecular formula is C15H18BrNO3. The summed E-state index contributed by atoms with van der Waals surface area (Å²) in [6, 6.07) is 5.28. The van der Waals surface area contributed by atoms with Crippen molar-refractivity contribution in [2.24, 2.45) is 0 Å². The first kappa shape index (κ1) is 16.4. The molecule has 0 spiro atoms. The summed E-state index contributed by atoms with van der Waals surface area (Å²) < 4.78 is 10.9. The highest BCUT2D eigenvalue weighted by Crippen LogP contribution is 2.29. The van der Waals surface area contributed by atoms with Crippen LogP contribution < -0.4 is 4.74 Å². The van der Waals surface area contributed by atoms with Gasteiger partial charge in [-0.2, -0.15) is 0 Å². The van der Waals surface area contributed by atoms with Crippen molar-refractivity contribution in [3.05, 3.63) is 33.9 Å². The van der Waals surface area contributed by atoms with E-state index in [2.05, 4.69) is 20.9 Å². The lowest BCUT2D eigenvalue weighted by Gasteiger charge is -2.09. The van der Waals surface area contributed by atoms with Crippen LogP contribution in [0.4, 0.5) is 0 Å². The van der Waals surface area contributed by atoms with Crippen molar-refractivity contribution >= 4 is 32.8 Å². The van der Waals surface area contributed by atoms with Crippen LogP contribution in [-0.2, 0) is 4.74 Å². The van der Waals surface area contributed by atoms with Gasteiger partial charge >= 0.3 is 5.97 Å². The number of carbonyl (C=O) groups is 1. The molecule has 5 heteroatoms. The normalized spacial score (nSPS) is 9.70. The van der Waals surface area contributed by atoms with Gasteiger partial charge in [0, 0.05) is 9.86 Å². The third-order valence-electron chi connectivity index (χ3n) is 2.65. The number of hydrogen-bond donors (Lipinski definition) is 0. The number of benzene rings is 1. The van der Waals surface area contributed by atoms with Crippen LogP contribution in [0, 0.1) is 6.92 Å². The van der Waals surface area contributed by atoms with Crippen molar-refractivity contribution < 1.29 is 14.3 Å². The van der Waals surface area contributed by atoms with Gasteiger partial charge < -0.3 is 9.47 Å². The van der Waals surface area contributed by atoms with Crippen LogP contribution in [0.1, 0.15) is 29.9 Å². The smallest absolute Gasteiger partial charge is 0.338 e. The minimum atomic E-state index is -0.396. The van der Waals surface area contributed by atoms with Crippen molar-refractivity contribution in [3.8, 4) is 5.75 Å². The Morgan fingerprint density at radius 2 is 1.85 bits per heavy atom. The van der Waals surface area contributed by atoms with Gasteiger partial charge in [-0.05, 0) is 41.1 Å². The summed E-state index contributed by atoms with van der Waals surface area (Å²) >= 11 is 3.42. The average molecular weight is 340 g/mol. The van der Waals surface area contributed by atoms with E-state index >= 15 is 0 Å². The maximum Gasteiger partial charge on any atom is 0.338 e. The van der Waals surface area contributed by atoms with Gasteiger partial charge in [-0.1, -0.05) is 13.8 Å². The first-order valence-electron chi connectivity index (χ1n) is 6.30. The number of halogens is 1. The molecule has 2 aromatic rings. The number of carbonyl (C=O) groups excluding carboxylic acids is 1. The fraction of sp³-hybridized carbons (Fsp3) is 0.333. The van der Waals surface area contributed by atoms with E-state index in [4.69, 9.17) is 9.47 Å². The Kier molecular flexibility index (Phi) is 5.95. The van der Waals surface area contributed by atoms with Crippen LogP contribution in [0.15, 0.2) is 22.7 Å². The van der Waals surface area contributed by atoms with E-state index in [1.165, 1.54) is 7.11 Å². The molecule has 0 N–H and O–H groups in total. The van der Waals surface area contributed by atoms with Crippen molar-refractivity contribution in [1.82, 2.24) is 4.98 Å². The van der Waals surface area contributed by atoms with Gasteiger partial charge in [0.25, 0.3) is 0 Å². The maximum atomic E-state index is 11.6. The number of ether oxygens (including phenoxy) is 2. The summed E-state index contributed by atoms with van der Waals surface area (Å²) in [5.74, 6) is 0.162.